The first-order valence-corrected chi connectivity index (χ1v) is 6.98. The van der Waals surface area contributed by atoms with E-state index in [1.54, 1.807) is 12.1 Å². The molecule has 0 bridgehead atoms. The molecule has 3 N–H and O–H groups in total. The van der Waals surface area contributed by atoms with Crippen molar-refractivity contribution in [2.45, 2.75) is 18.7 Å². The number of nitrogens with two attached hydrogens (primary N) is 1. The summed E-state index contributed by atoms with van der Waals surface area (Å²) in [6, 6.07) is 6.05. The van der Waals surface area contributed by atoms with E-state index in [1.165, 1.54) is 12.1 Å². The molecule has 0 atom stereocenters. The number of nitrogen functional groups attached to an aromatic ring is 1. The number of hydrogen-bond acceptors (Lipinski definition) is 4. The lowest BCUT2D eigenvalue weighted by Crippen LogP contribution is -2.30. The van der Waals surface area contributed by atoms with Gasteiger partial charge in [0.15, 0.2) is 0 Å². The van der Waals surface area contributed by atoms with E-state index >= 15 is 0 Å². The Morgan fingerprint density at radius 2 is 1.83 bits per heavy atom. The summed E-state index contributed by atoms with van der Waals surface area (Å²) in [5.74, 6) is 0.421. The zero-order valence-corrected chi connectivity index (χ0v) is 11.1. The topological polar surface area (TPSA) is 84.5 Å². The molecule has 0 fully saturated rings. The van der Waals surface area contributed by atoms with Gasteiger partial charge in [0, 0.05) is 5.69 Å². The third kappa shape index (κ3) is 2.38. The first-order valence-electron chi connectivity index (χ1n) is 5.50. The minimum absolute atomic E-state index is 0.178. The number of amidine groups is 1. The van der Waals surface area contributed by atoms with Gasteiger partial charge < -0.3 is 5.73 Å². The average Bonchev–Trinajstić information content (AvgIpc) is 2.61. The molecule has 5 nitrogen and oxygen atoms in total. The molecule has 1 aliphatic heterocycles. The molecule has 1 aromatic carbocycles. The monoisotopic (exact) mass is 265 g/mol. The van der Waals surface area contributed by atoms with Crippen molar-refractivity contribution in [2.75, 3.05) is 12.3 Å². The molecule has 0 saturated heterocycles. The predicted molar refractivity (Wildman–Crippen MR) is 71.9 cm³/mol. The van der Waals surface area contributed by atoms with Crippen LogP contribution in [-0.2, 0) is 10.0 Å². The Labute approximate surface area is 106 Å². The summed E-state index contributed by atoms with van der Waals surface area (Å²) in [6.45, 7) is 4.33. The summed E-state index contributed by atoms with van der Waals surface area (Å²) in [5.41, 5.74) is 8.01. The number of nitrogens with one attached hydrogen (secondary N) is 1. The highest BCUT2D eigenvalue weighted by Gasteiger charge is 2.20. The van der Waals surface area contributed by atoms with E-state index in [0.717, 1.165) is 11.1 Å². The summed E-state index contributed by atoms with van der Waals surface area (Å²) < 4.78 is 26.7. The number of anilines is 1. The summed E-state index contributed by atoms with van der Waals surface area (Å²) >= 11 is 0. The summed E-state index contributed by atoms with van der Waals surface area (Å²) in [6.07, 6.45) is 0. The molecule has 0 radical (unpaired) electrons. The van der Waals surface area contributed by atoms with Crippen LogP contribution in [0.5, 0.6) is 0 Å². The number of hydrogen-bond donors (Lipinski definition) is 2. The van der Waals surface area contributed by atoms with E-state index in [-0.39, 0.29) is 4.90 Å². The molecule has 1 heterocycles. The number of aliphatic imine (C=N–C) groups is 1. The van der Waals surface area contributed by atoms with Gasteiger partial charge in [0.2, 0.25) is 0 Å². The Bertz CT molecular complexity index is 628. The van der Waals surface area contributed by atoms with E-state index in [2.05, 4.69) is 9.71 Å². The van der Waals surface area contributed by atoms with Gasteiger partial charge in [-0.15, -0.1) is 0 Å². The third-order valence-electron chi connectivity index (χ3n) is 2.89. The number of sulfonamides is 1. The SMILES string of the molecule is CC1=C(C)C(NS(=O)(=O)c2ccc(N)cc2)=NC1. The molecule has 0 aromatic heterocycles. The first-order chi connectivity index (χ1) is 8.40. The second kappa shape index (κ2) is 4.45. The zero-order chi connectivity index (χ0) is 13.3. The molecule has 0 spiro atoms. The molecule has 6 heteroatoms. The van der Waals surface area contributed by atoms with Crippen LogP contribution < -0.4 is 10.5 Å². The van der Waals surface area contributed by atoms with E-state index in [0.29, 0.717) is 18.1 Å². The smallest absolute Gasteiger partial charge is 0.263 e. The van der Waals surface area contributed by atoms with Crippen molar-refractivity contribution in [3.63, 3.8) is 0 Å². The number of rotatable bonds is 2. The zero-order valence-electron chi connectivity index (χ0n) is 10.3. The van der Waals surface area contributed by atoms with Crippen LogP contribution in [0, 0.1) is 0 Å². The minimum atomic E-state index is -3.59. The maximum Gasteiger partial charge on any atom is 0.263 e. The second-order valence-corrected chi connectivity index (χ2v) is 5.93. The fraction of sp³-hybridized carbons (Fsp3) is 0.250. The summed E-state index contributed by atoms with van der Waals surface area (Å²) in [5, 5.41) is 0. The highest BCUT2D eigenvalue weighted by atomic mass is 32.2. The quantitative estimate of drug-likeness (QED) is 0.790. The van der Waals surface area contributed by atoms with Gasteiger partial charge in [-0.1, -0.05) is 0 Å². The molecule has 96 valence electrons. The standard InChI is InChI=1S/C12H15N3O2S/c1-8-7-14-12(9(8)2)15-18(16,17)11-5-3-10(13)4-6-11/h3-6H,7,13H2,1-2H3,(H,14,15). The lowest BCUT2D eigenvalue weighted by Gasteiger charge is -2.09. The van der Waals surface area contributed by atoms with Crippen molar-refractivity contribution in [1.29, 1.82) is 0 Å². The van der Waals surface area contributed by atoms with Gasteiger partial charge in [0.25, 0.3) is 10.0 Å². The van der Waals surface area contributed by atoms with Crippen molar-refractivity contribution in [3.05, 3.63) is 35.4 Å². The van der Waals surface area contributed by atoms with Crippen molar-refractivity contribution in [2.24, 2.45) is 4.99 Å². The van der Waals surface area contributed by atoms with Crippen LogP contribution in [0.2, 0.25) is 0 Å². The molecule has 0 aliphatic carbocycles. The van der Waals surface area contributed by atoms with E-state index in [1.807, 2.05) is 13.8 Å². The first kappa shape index (κ1) is 12.6. The number of benzene rings is 1. The van der Waals surface area contributed by atoms with Gasteiger partial charge in [-0.25, -0.2) is 8.42 Å². The average molecular weight is 265 g/mol. The molecule has 0 amide bonds. The van der Waals surface area contributed by atoms with E-state index in [4.69, 9.17) is 5.73 Å². The maximum absolute atomic E-state index is 12.1. The van der Waals surface area contributed by atoms with Gasteiger partial charge in [-0.2, -0.15) is 0 Å². The molecular weight excluding hydrogens is 250 g/mol. The van der Waals surface area contributed by atoms with Gasteiger partial charge >= 0.3 is 0 Å². The molecule has 0 saturated carbocycles. The lowest BCUT2D eigenvalue weighted by molar-refractivity contribution is 0.592. The van der Waals surface area contributed by atoms with Crippen LogP contribution in [0.3, 0.4) is 0 Å². The van der Waals surface area contributed by atoms with Crippen LogP contribution in [0.25, 0.3) is 0 Å². The Hall–Kier alpha value is -1.82. The Morgan fingerprint density at radius 3 is 2.33 bits per heavy atom. The Balaban J connectivity index is 2.26. The van der Waals surface area contributed by atoms with Crippen molar-refractivity contribution in [3.8, 4) is 0 Å². The molecule has 18 heavy (non-hydrogen) atoms. The van der Waals surface area contributed by atoms with Gasteiger partial charge in [0.1, 0.15) is 5.84 Å². The van der Waals surface area contributed by atoms with Gasteiger partial charge in [-0.3, -0.25) is 9.71 Å². The Morgan fingerprint density at radius 1 is 1.22 bits per heavy atom. The highest BCUT2D eigenvalue weighted by Crippen LogP contribution is 2.16. The Kier molecular flexibility index (Phi) is 3.13. The lowest BCUT2D eigenvalue weighted by atomic mass is 10.2. The van der Waals surface area contributed by atoms with E-state index in [9.17, 15) is 8.42 Å². The highest BCUT2D eigenvalue weighted by molar-refractivity contribution is 7.90. The molecule has 1 aliphatic rings. The largest absolute Gasteiger partial charge is 0.399 e. The maximum atomic E-state index is 12.1. The summed E-state index contributed by atoms with van der Waals surface area (Å²) in [4.78, 5) is 4.33. The molecule has 0 unspecified atom stereocenters. The van der Waals surface area contributed by atoms with Crippen LogP contribution in [0.1, 0.15) is 13.8 Å². The van der Waals surface area contributed by atoms with Crippen LogP contribution in [0.4, 0.5) is 5.69 Å². The third-order valence-corrected chi connectivity index (χ3v) is 4.25. The van der Waals surface area contributed by atoms with Crippen LogP contribution >= 0.6 is 0 Å². The van der Waals surface area contributed by atoms with Crippen molar-refractivity contribution in [1.82, 2.24) is 4.72 Å². The molecule has 2 rings (SSSR count). The minimum Gasteiger partial charge on any atom is -0.399 e. The number of nitrogens with zero attached hydrogens (tertiary/aromatic N) is 1. The fourth-order valence-electron chi connectivity index (χ4n) is 1.58. The van der Waals surface area contributed by atoms with E-state index < -0.39 is 10.0 Å². The van der Waals surface area contributed by atoms with Crippen molar-refractivity contribution < 1.29 is 8.42 Å². The normalized spacial score (nSPS) is 15.8. The predicted octanol–water partition coefficient (Wildman–Crippen LogP) is 1.30. The van der Waals surface area contributed by atoms with Crippen LogP contribution in [0.15, 0.2) is 45.3 Å². The molecular formula is C12H15N3O2S. The fourth-order valence-corrected chi connectivity index (χ4v) is 2.66. The van der Waals surface area contributed by atoms with Crippen molar-refractivity contribution >= 4 is 21.5 Å². The van der Waals surface area contributed by atoms with Gasteiger partial charge in [-0.05, 0) is 49.3 Å². The second-order valence-electron chi connectivity index (χ2n) is 4.24. The van der Waals surface area contributed by atoms with Gasteiger partial charge in [0.05, 0.1) is 11.4 Å². The molecule has 1 aromatic rings. The summed E-state index contributed by atoms with van der Waals surface area (Å²) in [7, 11) is -3.59. The van der Waals surface area contributed by atoms with Crippen LogP contribution in [-0.4, -0.2) is 20.8 Å².